The fourth-order valence-corrected chi connectivity index (χ4v) is 1.47. The van der Waals surface area contributed by atoms with E-state index in [9.17, 15) is 4.79 Å². The maximum Gasteiger partial charge on any atom is 0.344 e. The standard InChI is InChI=1S/C11H12Cl2O4/c1-15-4-5-16-11(14)7-17-10-3-2-8(12)6-9(10)13/h2-3,6H,4-5,7H2,1H3. The van der Waals surface area contributed by atoms with E-state index in [1.54, 1.807) is 12.1 Å². The number of methoxy groups -OCH3 is 1. The molecule has 0 heterocycles. The monoisotopic (exact) mass is 278 g/mol. The van der Waals surface area contributed by atoms with Gasteiger partial charge in [-0.3, -0.25) is 0 Å². The summed E-state index contributed by atoms with van der Waals surface area (Å²) in [6, 6.07) is 4.75. The topological polar surface area (TPSA) is 44.8 Å². The Morgan fingerprint density at radius 2 is 2.06 bits per heavy atom. The van der Waals surface area contributed by atoms with E-state index >= 15 is 0 Å². The number of hydrogen-bond acceptors (Lipinski definition) is 4. The van der Waals surface area contributed by atoms with Crippen molar-refractivity contribution in [3.8, 4) is 5.75 Å². The third-order valence-corrected chi connectivity index (χ3v) is 2.32. The molecular weight excluding hydrogens is 267 g/mol. The molecule has 6 heteroatoms. The Kier molecular flexibility index (Phi) is 6.11. The van der Waals surface area contributed by atoms with Gasteiger partial charge in [0, 0.05) is 12.1 Å². The Morgan fingerprint density at radius 3 is 2.71 bits per heavy atom. The van der Waals surface area contributed by atoms with E-state index in [0.717, 1.165) is 0 Å². The number of ether oxygens (including phenoxy) is 3. The summed E-state index contributed by atoms with van der Waals surface area (Å²) >= 11 is 11.6. The Bertz CT molecular complexity index is 382. The zero-order valence-corrected chi connectivity index (χ0v) is 10.8. The van der Waals surface area contributed by atoms with Crippen molar-refractivity contribution in [3.05, 3.63) is 28.2 Å². The molecule has 0 atom stereocenters. The first-order valence-corrected chi connectivity index (χ1v) is 5.61. The van der Waals surface area contributed by atoms with Gasteiger partial charge in [0.05, 0.1) is 11.6 Å². The zero-order valence-electron chi connectivity index (χ0n) is 9.24. The minimum Gasteiger partial charge on any atom is -0.480 e. The normalized spacial score (nSPS) is 10.1. The Hall–Kier alpha value is -0.970. The van der Waals surface area contributed by atoms with Gasteiger partial charge >= 0.3 is 5.97 Å². The predicted molar refractivity (Wildman–Crippen MR) is 64.8 cm³/mol. The molecule has 0 amide bonds. The average molecular weight is 279 g/mol. The fraction of sp³-hybridized carbons (Fsp3) is 0.364. The van der Waals surface area contributed by atoms with Crippen molar-refractivity contribution < 1.29 is 19.0 Å². The number of carbonyl (C=O) groups excluding carboxylic acids is 1. The van der Waals surface area contributed by atoms with Gasteiger partial charge in [0.25, 0.3) is 0 Å². The second-order valence-corrected chi connectivity index (χ2v) is 3.92. The van der Waals surface area contributed by atoms with Gasteiger partial charge in [-0.25, -0.2) is 4.79 Å². The summed E-state index contributed by atoms with van der Waals surface area (Å²) in [5.74, 6) is -0.0900. The van der Waals surface area contributed by atoms with Crippen molar-refractivity contribution >= 4 is 29.2 Å². The molecule has 1 aromatic rings. The van der Waals surface area contributed by atoms with Crippen LogP contribution >= 0.6 is 23.2 Å². The van der Waals surface area contributed by atoms with Crippen LogP contribution in [-0.4, -0.2) is 32.9 Å². The van der Waals surface area contributed by atoms with Crippen molar-refractivity contribution in [2.45, 2.75) is 0 Å². The third-order valence-electron chi connectivity index (χ3n) is 1.79. The number of esters is 1. The number of hydrogen-bond donors (Lipinski definition) is 0. The summed E-state index contributed by atoms with van der Waals surface area (Å²) in [6.45, 7) is 0.353. The van der Waals surface area contributed by atoms with Crippen molar-refractivity contribution in [1.29, 1.82) is 0 Å². The largest absolute Gasteiger partial charge is 0.480 e. The van der Waals surface area contributed by atoms with Crippen LogP contribution in [0.15, 0.2) is 18.2 Å². The molecule has 0 aliphatic rings. The summed E-state index contributed by atoms with van der Waals surface area (Å²) in [5, 5.41) is 0.854. The van der Waals surface area contributed by atoms with Gasteiger partial charge in [-0.2, -0.15) is 0 Å². The van der Waals surface area contributed by atoms with Crippen LogP contribution in [0.4, 0.5) is 0 Å². The van der Waals surface area contributed by atoms with Crippen molar-refractivity contribution in [2.24, 2.45) is 0 Å². The van der Waals surface area contributed by atoms with E-state index in [2.05, 4.69) is 0 Å². The van der Waals surface area contributed by atoms with Gasteiger partial charge in [-0.15, -0.1) is 0 Å². The zero-order chi connectivity index (χ0) is 12.7. The summed E-state index contributed by atoms with van der Waals surface area (Å²) in [5.41, 5.74) is 0. The van der Waals surface area contributed by atoms with Crippen LogP contribution in [-0.2, 0) is 14.3 Å². The van der Waals surface area contributed by atoms with Gasteiger partial charge in [0.2, 0.25) is 0 Å². The summed E-state index contributed by atoms with van der Waals surface area (Å²) in [4.78, 5) is 11.2. The second kappa shape index (κ2) is 7.37. The lowest BCUT2D eigenvalue weighted by Gasteiger charge is -2.08. The van der Waals surface area contributed by atoms with Crippen LogP contribution in [0.2, 0.25) is 10.0 Å². The van der Waals surface area contributed by atoms with E-state index in [-0.39, 0.29) is 13.2 Å². The van der Waals surface area contributed by atoms with Gasteiger partial charge in [-0.1, -0.05) is 23.2 Å². The van der Waals surface area contributed by atoms with Gasteiger partial charge in [0.15, 0.2) is 6.61 Å². The lowest BCUT2D eigenvalue weighted by Crippen LogP contribution is -2.17. The van der Waals surface area contributed by atoms with Crippen molar-refractivity contribution in [2.75, 3.05) is 26.9 Å². The van der Waals surface area contributed by atoms with Gasteiger partial charge < -0.3 is 14.2 Å². The SMILES string of the molecule is COCCOC(=O)COc1ccc(Cl)cc1Cl. The highest BCUT2D eigenvalue weighted by Gasteiger charge is 2.07. The van der Waals surface area contributed by atoms with Gasteiger partial charge in [-0.05, 0) is 18.2 Å². The molecule has 0 aliphatic carbocycles. The molecule has 0 fully saturated rings. The molecule has 0 N–H and O–H groups in total. The van der Waals surface area contributed by atoms with Crippen molar-refractivity contribution in [1.82, 2.24) is 0 Å². The Balaban J connectivity index is 2.37. The van der Waals surface area contributed by atoms with Crippen LogP contribution in [0.25, 0.3) is 0 Å². The first kappa shape index (κ1) is 14.1. The summed E-state index contributed by atoms with van der Waals surface area (Å²) in [7, 11) is 1.53. The maximum absolute atomic E-state index is 11.2. The van der Waals surface area contributed by atoms with Crippen LogP contribution in [0.3, 0.4) is 0 Å². The average Bonchev–Trinajstić information content (AvgIpc) is 2.28. The predicted octanol–water partition coefficient (Wildman–Crippen LogP) is 2.56. The quantitative estimate of drug-likeness (QED) is 0.593. The third kappa shape index (κ3) is 5.26. The number of benzene rings is 1. The lowest BCUT2D eigenvalue weighted by molar-refractivity contribution is -0.147. The van der Waals surface area contributed by atoms with Crippen LogP contribution in [0, 0.1) is 0 Å². The van der Waals surface area contributed by atoms with Crippen LogP contribution in [0.1, 0.15) is 0 Å². The molecule has 0 aromatic heterocycles. The summed E-state index contributed by atoms with van der Waals surface area (Å²) in [6.07, 6.45) is 0. The molecule has 0 saturated carbocycles. The summed E-state index contributed by atoms with van der Waals surface area (Å²) < 4.78 is 14.7. The molecule has 0 saturated heterocycles. The highest BCUT2D eigenvalue weighted by atomic mass is 35.5. The van der Waals surface area contributed by atoms with E-state index < -0.39 is 5.97 Å². The smallest absolute Gasteiger partial charge is 0.344 e. The molecule has 0 bridgehead atoms. The first-order chi connectivity index (χ1) is 8.13. The van der Waals surface area contributed by atoms with Crippen molar-refractivity contribution in [3.63, 3.8) is 0 Å². The van der Waals surface area contributed by atoms with Crippen LogP contribution < -0.4 is 4.74 Å². The van der Waals surface area contributed by atoms with E-state index in [1.165, 1.54) is 13.2 Å². The van der Waals surface area contributed by atoms with Crippen LogP contribution in [0.5, 0.6) is 5.75 Å². The molecule has 94 valence electrons. The van der Waals surface area contributed by atoms with Gasteiger partial charge in [0.1, 0.15) is 12.4 Å². The maximum atomic E-state index is 11.2. The Morgan fingerprint density at radius 1 is 1.29 bits per heavy atom. The second-order valence-electron chi connectivity index (χ2n) is 3.08. The molecule has 0 unspecified atom stereocenters. The molecule has 4 nitrogen and oxygen atoms in total. The highest BCUT2D eigenvalue weighted by Crippen LogP contribution is 2.27. The molecule has 0 radical (unpaired) electrons. The molecule has 17 heavy (non-hydrogen) atoms. The lowest BCUT2D eigenvalue weighted by atomic mass is 10.3. The molecule has 0 aliphatic heterocycles. The fourth-order valence-electron chi connectivity index (χ4n) is 1.01. The van der Waals surface area contributed by atoms with E-state index in [1.807, 2.05) is 0 Å². The Labute approximate surface area is 109 Å². The molecule has 1 rings (SSSR count). The number of halogens is 2. The number of rotatable bonds is 6. The van der Waals surface area contributed by atoms with E-state index in [0.29, 0.717) is 22.4 Å². The van der Waals surface area contributed by atoms with E-state index in [4.69, 9.17) is 37.4 Å². The molecular formula is C11H12Cl2O4. The number of carbonyl (C=O) groups is 1. The first-order valence-electron chi connectivity index (χ1n) is 4.86. The minimum absolute atomic E-state index is 0.201. The molecule has 0 spiro atoms. The minimum atomic E-state index is -0.479. The highest BCUT2D eigenvalue weighted by molar-refractivity contribution is 6.35. The molecule has 1 aromatic carbocycles.